The molecule has 1 heterocycles. The van der Waals surface area contributed by atoms with Crippen molar-refractivity contribution in [2.45, 2.75) is 24.9 Å². The molecule has 2 rings (SSSR count). The molecule has 4 heteroatoms. The lowest BCUT2D eigenvalue weighted by Gasteiger charge is -2.23. The highest BCUT2D eigenvalue weighted by Gasteiger charge is 2.44. The van der Waals surface area contributed by atoms with E-state index in [-0.39, 0.29) is 12.5 Å². The van der Waals surface area contributed by atoms with Gasteiger partial charge in [-0.05, 0) is 46.3 Å². The Labute approximate surface area is 97.2 Å². The number of rotatable bonds is 4. The molecule has 1 aliphatic rings. The van der Waals surface area contributed by atoms with Gasteiger partial charge in [-0.1, -0.05) is 0 Å². The second kappa shape index (κ2) is 4.18. The van der Waals surface area contributed by atoms with Gasteiger partial charge in [-0.15, -0.1) is 0 Å². The SMILES string of the molecule is NCC(F)(Cc1cncc(Br)c1)C1CC1. The van der Waals surface area contributed by atoms with Crippen LogP contribution in [0.5, 0.6) is 0 Å². The fourth-order valence-electron chi connectivity index (χ4n) is 1.88. The molecule has 0 radical (unpaired) electrons. The van der Waals surface area contributed by atoms with Crippen LogP contribution in [0.3, 0.4) is 0 Å². The number of halogens is 2. The zero-order valence-electron chi connectivity index (χ0n) is 8.42. The van der Waals surface area contributed by atoms with E-state index in [1.54, 1.807) is 12.4 Å². The van der Waals surface area contributed by atoms with Crippen molar-refractivity contribution in [2.75, 3.05) is 6.54 Å². The van der Waals surface area contributed by atoms with Crippen molar-refractivity contribution >= 4 is 15.9 Å². The smallest absolute Gasteiger partial charge is 0.130 e. The molecule has 1 unspecified atom stereocenters. The maximum atomic E-state index is 14.4. The van der Waals surface area contributed by atoms with Crippen LogP contribution in [0.4, 0.5) is 4.39 Å². The minimum Gasteiger partial charge on any atom is -0.328 e. The summed E-state index contributed by atoms with van der Waals surface area (Å²) in [5.41, 5.74) is 5.20. The third-order valence-corrected chi connectivity index (χ3v) is 3.34. The standard InChI is InChI=1S/C11H14BrFN2/c12-10-3-8(5-15-6-10)4-11(13,7-14)9-1-2-9/h3,5-6,9H,1-2,4,7,14H2. The molecule has 2 N–H and O–H groups in total. The zero-order chi connectivity index (χ0) is 10.9. The maximum absolute atomic E-state index is 14.4. The van der Waals surface area contributed by atoms with Crippen LogP contribution in [0.2, 0.25) is 0 Å². The van der Waals surface area contributed by atoms with Gasteiger partial charge in [0.15, 0.2) is 0 Å². The largest absolute Gasteiger partial charge is 0.328 e. The third kappa shape index (κ3) is 2.55. The second-order valence-electron chi connectivity index (χ2n) is 4.20. The topological polar surface area (TPSA) is 38.9 Å². The van der Waals surface area contributed by atoms with Crippen LogP contribution in [0, 0.1) is 5.92 Å². The minimum atomic E-state index is -1.23. The number of nitrogens with zero attached hydrogens (tertiary/aromatic N) is 1. The first-order valence-electron chi connectivity index (χ1n) is 5.12. The Morgan fingerprint density at radius 1 is 1.53 bits per heavy atom. The van der Waals surface area contributed by atoms with Crippen molar-refractivity contribution in [3.63, 3.8) is 0 Å². The lowest BCUT2D eigenvalue weighted by molar-refractivity contribution is 0.142. The molecular weight excluding hydrogens is 259 g/mol. The van der Waals surface area contributed by atoms with Gasteiger partial charge < -0.3 is 5.73 Å². The molecule has 0 aliphatic heterocycles. The van der Waals surface area contributed by atoms with E-state index >= 15 is 0 Å². The maximum Gasteiger partial charge on any atom is 0.130 e. The van der Waals surface area contributed by atoms with Gasteiger partial charge in [-0.25, -0.2) is 4.39 Å². The Balaban J connectivity index is 2.12. The molecule has 15 heavy (non-hydrogen) atoms. The first-order valence-corrected chi connectivity index (χ1v) is 5.92. The molecular formula is C11H14BrFN2. The lowest BCUT2D eigenvalue weighted by atomic mass is 9.92. The zero-order valence-corrected chi connectivity index (χ0v) is 10.0. The molecule has 0 spiro atoms. The third-order valence-electron chi connectivity index (χ3n) is 2.91. The second-order valence-corrected chi connectivity index (χ2v) is 5.12. The van der Waals surface area contributed by atoms with Crippen LogP contribution in [0.15, 0.2) is 22.9 Å². The van der Waals surface area contributed by atoms with Crippen molar-refractivity contribution in [1.29, 1.82) is 0 Å². The number of hydrogen-bond acceptors (Lipinski definition) is 2. The summed E-state index contributed by atoms with van der Waals surface area (Å²) in [6.07, 6.45) is 5.71. The molecule has 2 nitrogen and oxygen atoms in total. The van der Waals surface area contributed by atoms with Crippen LogP contribution in [-0.2, 0) is 6.42 Å². The van der Waals surface area contributed by atoms with E-state index in [0.29, 0.717) is 6.42 Å². The summed E-state index contributed by atoms with van der Waals surface area (Å²) in [7, 11) is 0. The molecule has 1 atom stereocenters. The molecule has 1 aromatic rings. The van der Waals surface area contributed by atoms with Crippen LogP contribution in [0.25, 0.3) is 0 Å². The first-order chi connectivity index (χ1) is 7.14. The molecule has 0 amide bonds. The van der Waals surface area contributed by atoms with Crippen molar-refractivity contribution in [3.8, 4) is 0 Å². The molecule has 0 bridgehead atoms. The molecule has 1 saturated carbocycles. The summed E-state index contributed by atoms with van der Waals surface area (Å²) in [4.78, 5) is 4.03. The van der Waals surface area contributed by atoms with Gasteiger partial charge in [0.2, 0.25) is 0 Å². The van der Waals surface area contributed by atoms with E-state index in [9.17, 15) is 4.39 Å². The van der Waals surface area contributed by atoms with Crippen LogP contribution < -0.4 is 5.73 Å². The summed E-state index contributed by atoms with van der Waals surface area (Å²) in [6.45, 7) is 0.101. The van der Waals surface area contributed by atoms with Gasteiger partial charge in [-0.3, -0.25) is 4.98 Å². The van der Waals surface area contributed by atoms with Crippen molar-refractivity contribution in [1.82, 2.24) is 4.98 Å². The van der Waals surface area contributed by atoms with E-state index in [1.165, 1.54) is 0 Å². The van der Waals surface area contributed by atoms with Crippen LogP contribution >= 0.6 is 15.9 Å². The summed E-state index contributed by atoms with van der Waals surface area (Å²) in [5, 5.41) is 0. The van der Waals surface area contributed by atoms with E-state index in [2.05, 4.69) is 20.9 Å². The van der Waals surface area contributed by atoms with Gasteiger partial charge in [-0.2, -0.15) is 0 Å². The van der Waals surface area contributed by atoms with Crippen LogP contribution in [0.1, 0.15) is 18.4 Å². The Morgan fingerprint density at radius 3 is 2.80 bits per heavy atom. The number of hydrogen-bond donors (Lipinski definition) is 1. The first kappa shape index (κ1) is 11.0. The Bertz CT molecular complexity index is 354. The number of pyridine rings is 1. The summed E-state index contributed by atoms with van der Waals surface area (Å²) >= 11 is 3.33. The summed E-state index contributed by atoms with van der Waals surface area (Å²) < 4.78 is 15.2. The Morgan fingerprint density at radius 2 is 2.27 bits per heavy atom. The molecule has 1 aromatic heterocycles. The van der Waals surface area contributed by atoms with Gasteiger partial charge in [0, 0.05) is 29.8 Å². The van der Waals surface area contributed by atoms with Crippen LogP contribution in [-0.4, -0.2) is 17.2 Å². The molecule has 1 fully saturated rings. The highest BCUT2D eigenvalue weighted by molar-refractivity contribution is 9.10. The van der Waals surface area contributed by atoms with Crippen molar-refractivity contribution < 1.29 is 4.39 Å². The number of nitrogens with two attached hydrogens (primary N) is 1. The molecule has 0 saturated heterocycles. The van der Waals surface area contributed by atoms with Crippen molar-refractivity contribution in [2.24, 2.45) is 11.7 Å². The number of aromatic nitrogens is 1. The van der Waals surface area contributed by atoms with E-state index < -0.39 is 5.67 Å². The highest BCUT2D eigenvalue weighted by atomic mass is 79.9. The predicted octanol–water partition coefficient (Wildman–Crippen LogP) is 2.46. The highest BCUT2D eigenvalue weighted by Crippen LogP contribution is 2.43. The normalized spacial score (nSPS) is 19.9. The average Bonchev–Trinajstić information content (AvgIpc) is 3.01. The quantitative estimate of drug-likeness (QED) is 0.915. The van der Waals surface area contributed by atoms with Gasteiger partial charge >= 0.3 is 0 Å². The van der Waals surface area contributed by atoms with Gasteiger partial charge in [0.25, 0.3) is 0 Å². The predicted molar refractivity (Wildman–Crippen MR) is 61.3 cm³/mol. The summed E-state index contributed by atoms with van der Waals surface area (Å²) in [6, 6.07) is 1.90. The Hall–Kier alpha value is -0.480. The monoisotopic (exact) mass is 272 g/mol. The van der Waals surface area contributed by atoms with Crippen molar-refractivity contribution in [3.05, 3.63) is 28.5 Å². The fourth-order valence-corrected chi connectivity index (χ4v) is 2.29. The van der Waals surface area contributed by atoms with E-state index in [1.807, 2.05) is 6.07 Å². The van der Waals surface area contributed by atoms with Gasteiger partial charge in [0.1, 0.15) is 5.67 Å². The lowest BCUT2D eigenvalue weighted by Crippen LogP contribution is -2.37. The summed E-state index contributed by atoms with van der Waals surface area (Å²) in [5.74, 6) is 0.154. The molecule has 82 valence electrons. The Kier molecular flexibility index (Phi) is 3.07. The average molecular weight is 273 g/mol. The van der Waals surface area contributed by atoms with E-state index in [0.717, 1.165) is 22.9 Å². The van der Waals surface area contributed by atoms with Gasteiger partial charge in [0.05, 0.1) is 0 Å². The minimum absolute atomic E-state index is 0.101. The molecule has 0 aromatic carbocycles. The van der Waals surface area contributed by atoms with E-state index in [4.69, 9.17) is 5.73 Å². The number of alkyl halides is 1. The molecule has 1 aliphatic carbocycles. The fraction of sp³-hybridized carbons (Fsp3) is 0.545.